The Morgan fingerprint density at radius 3 is 2.64 bits per heavy atom. The number of amides is 1. The molecule has 0 saturated heterocycles. The first kappa shape index (κ1) is 19.7. The zero-order valence-electron chi connectivity index (χ0n) is 16.4. The SMILES string of the molecule is CCN(CC)CCOc1ccc(CNC(=O)c2c(N)nn3ccccc23)cc1. The molecule has 0 unspecified atom stereocenters. The maximum absolute atomic E-state index is 12.6. The van der Waals surface area contributed by atoms with Crippen molar-refractivity contribution in [3.63, 3.8) is 0 Å². The number of carbonyl (C=O) groups excluding carboxylic acids is 1. The highest BCUT2D eigenvalue weighted by Crippen LogP contribution is 2.18. The Hall–Kier alpha value is -3.06. The summed E-state index contributed by atoms with van der Waals surface area (Å²) in [6.45, 7) is 8.31. The lowest BCUT2D eigenvalue weighted by atomic mass is 10.2. The van der Waals surface area contributed by atoms with Crippen molar-refractivity contribution < 1.29 is 9.53 Å². The maximum atomic E-state index is 12.6. The average molecular weight is 381 g/mol. The number of likely N-dealkylation sites (N-methyl/N-ethyl adjacent to an activating group) is 1. The highest BCUT2D eigenvalue weighted by molar-refractivity contribution is 6.05. The van der Waals surface area contributed by atoms with Gasteiger partial charge in [0.1, 0.15) is 17.9 Å². The second kappa shape index (κ2) is 9.23. The summed E-state index contributed by atoms with van der Waals surface area (Å²) < 4.78 is 7.39. The number of anilines is 1. The zero-order chi connectivity index (χ0) is 19.9. The van der Waals surface area contributed by atoms with Gasteiger partial charge < -0.3 is 20.7 Å². The number of benzene rings is 1. The molecule has 28 heavy (non-hydrogen) atoms. The molecule has 1 amide bonds. The summed E-state index contributed by atoms with van der Waals surface area (Å²) in [6, 6.07) is 13.3. The van der Waals surface area contributed by atoms with E-state index in [1.807, 2.05) is 42.5 Å². The van der Waals surface area contributed by atoms with Crippen LogP contribution in [0.4, 0.5) is 5.82 Å². The topological polar surface area (TPSA) is 84.9 Å². The van der Waals surface area contributed by atoms with Gasteiger partial charge in [-0.3, -0.25) is 4.79 Å². The molecule has 3 rings (SSSR count). The van der Waals surface area contributed by atoms with Gasteiger partial charge in [-0.15, -0.1) is 5.10 Å². The predicted molar refractivity (Wildman–Crippen MR) is 110 cm³/mol. The van der Waals surface area contributed by atoms with Crippen LogP contribution in [0, 0.1) is 0 Å². The summed E-state index contributed by atoms with van der Waals surface area (Å²) in [5.41, 5.74) is 7.99. The first-order chi connectivity index (χ1) is 13.6. The lowest BCUT2D eigenvalue weighted by molar-refractivity contribution is 0.0953. The summed E-state index contributed by atoms with van der Waals surface area (Å²) in [7, 11) is 0. The van der Waals surface area contributed by atoms with Crippen LogP contribution in [-0.4, -0.2) is 46.7 Å². The predicted octanol–water partition coefficient (Wildman–Crippen LogP) is 2.57. The van der Waals surface area contributed by atoms with Crippen molar-refractivity contribution in [3.8, 4) is 5.75 Å². The largest absolute Gasteiger partial charge is 0.492 e. The standard InChI is InChI=1S/C21H27N5O2/c1-3-25(4-2)13-14-28-17-10-8-16(9-11-17)15-23-21(27)19-18-7-5-6-12-26(18)24-20(19)22/h5-12H,3-4,13-15H2,1-2H3,(H2,22,24)(H,23,27). The average Bonchev–Trinajstić information content (AvgIpc) is 3.06. The van der Waals surface area contributed by atoms with E-state index in [0.717, 1.165) is 30.9 Å². The first-order valence-electron chi connectivity index (χ1n) is 9.57. The molecule has 0 aliphatic heterocycles. The van der Waals surface area contributed by atoms with Crippen LogP contribution in [0.2, 0.25) is 0 Å². The minimum absolute atomic E-state index is 0.223. The van der Waals surface area contributed by atoms with E-state index in [9.17, 15) is 4.79 Å². The zero-order valence-corrected chi connectivity index (χ0v) is 16.4. The second-order valence-electron chi connectivity index (χ2n) is 6.49. The van der Waals surface area contributed by atoms with Gasteiger partial charge in [-0.25, -0.2) is 4.52 Å². The molecular weight excluding hydrogens is 354 g/mol. The van der Waals surface area contributed by atoms with Crippen LogP contribution in [0.25, 0.3) is 5.52 Å². The van der Waals surface area contributed by atoms with Crippen LogP contribution in [0.15, 0.2) is 48.7 Å². The molecule has 0 radical (unpaired) electrons. The molecule has 0 spiro atoms. The van der Waals surface area contributed by atoms with Crippen molar-refractivity contribution in [3.05, 3.63) is 59.8 Å². The highest BCUT2D eigenvalue weighted by atomic mass is 16.5. The Morgan fingerprint density at radius 2 is 1.93 bits per heavy atom. The number of rotatable bonds is 9. The summed E-state index contributed by atoms with van der Waals surface area (Å²) in [5.74, 6) is 0.813. The second-order valence-corrected chi connectivity index (χ2v) is 6.49. The van der Waals surface area contributed by atoms with Gasteiger partial charge in [-0.05, 0) is 42.9 Å². The molecule has 7 heteroatoms. The number of ether oxygens (including phenoxy) is 1. The Kier molecular flexibility index (Phi) is 6.49. The van der Waals surface area contributed by atoms with Crippen LogP contribution in [0.5, 0.6) is 5.75 Å². The van der Waals surface area contributed by atoms with E-state index in [1.54, 1.807) is 10.7 Å². The van der Waals surface area contributed by atoms with E-state index in [4.69, 9.17) is 10.5 Å². The molecule has 0 atom stereocenters. The van der Waals surface area contributed by atoms with Gasteiger partial charge >= 0.3 is 0 Å². The van der Waals surface area contributed by atoms with E-state index >= 15 is 0 Å². The summed E-state index contributed by atoms with van der Waals surface area (Å²) in [5, 5.41) is 7.07. The van der Waals surface area contributed by atoms with E-state index in [1.165, 1.54) is 0 Å². The van der Waals surface area contributed by atoms with E-state index in [-0.39, 0.29) is 11.7 Å². The molecule has 0 aliphatic carbocycles. The van der Waals surface area contributed by atoms with Crippen LogP contribution in [0.3, 0.4) is 0 Å². The summed E-state index contributed by atoms with van der Waals surface area (Å²) >= 11 is 0. The number of aromatic nitrogens is 2. The van der Waals surface area contributed by atoms with Crippen molar-refractivity contribution in [1.29, 1.82) is 0 Å². The third-order valence-corrected chi connectivity index (χ3v) is 4.74. The Balaban J connectivity index is 1.54. The number of nitrogens with one attached hydrogen (secondary N) is 1. The van der Waals surface area contributed by atoms with E-state index < -0.39 is 0 Å². The molecular formula is C21H27N5O2. The number of hydrogen-bond acceptors (Lipinski definition) is 5. The minimum Gasteiger partial charge on any atom is -0.492 e. The molecule has 0 bridgehead atoms. The molecule has 3 aromatic rings. The molecule has 3 N–H and O–H groups in total. The molecule has 2 aromatic heterocycles. The molecule has 0 fully saturated rings. The van der Waals surface area contributed by atoms with Crippen molar-refractivity contribution in [2.45, 2.75) is 20.4 Å². The van der Waals surface area contributed by atoms with Crippen LogP contribution < -0.4 is 15.8 Å². The minimum atomic E-state index is -0.238. The lowest BCUT2D eigenvalue weighted by Crippen LogP contribution is -2.27. The normalized spacial score (nSPS) is 11.1. The number of carbonyl (C=O) groups is 1. The lowest BCUT2D eigenvalue weighted by Gasteiger charge is -2.18. The number of nitrogen functional groups attached to an aromatic ring is 1. The Bertz CT molecular complexity index is 916. The van der Waals surface area contributed by atoms with Gasteiger partial charge in [0.05, 0.1) is 5.52 Å². The maximum Gasteiger partial charge on any atom is 0.257 e. The first-order valence-corrected chi connectivity index (χ1v) is 9.57. The summed E-state index contributed by atoms with van der Waals surface area (Å²) in [6.07, 6.45) is 1.77. The fourth-order valence-corrected chi connectivity index (χ4v) is 3.06. The molecule has 148 valence electrons. The Labute approximate surface area is 165 Å². The van der Waals surface area contributed by atoms with Gasteiger partial charge in [0.25, 0.3) is 5.91 Å². The fraction of sp³-hybridized carbons (Fsp3) is 0.333. The number of pyridine rings is 1. The van der Waals surface area contributed by atoms with Gasteiger partial charge in [0, 0.05) is 19.3 Å². The van der Waals surface area contributed by atoms with Crippen molar-refractivity contribution in [2.24, 2.45) is 0 Å². The van der Waals surface area contributed by atoms with Crippen molar-refractivity contribution >= 4 is 17.2 Å². The van der Waals surface area contributed by atoms with Crippen LogP contribution in [0.1, 0.15) is 29.8 Å². The number of nitrogens with zero attached hydrogens (tertiary/aromatic N) is 3. The monoisotopic (exact) mass is 381 g/mol. The molecule has 0 aliphatic rings. The quantitative estimate of drug-likeness (QED) is 0.595. The van der Waals surface area contributed by atoms with Crippen LogP contribution in [-0.2, 0) is 6.54 Å². The number of hydrogen-bond donors (Lipinski definition) is 2. The van der Waals surface area contributed by atoms with E-state index in [0.29, 0.717) is 24.2 Å². The number of nitrogens with two attached hydrogens (primary N) is 1. The van der Waals surface area contributed by atoms with Gasteiger partial charge in [-0.2, -0.15) is 0 Å². The Morgan fingerprint density at radius 1 is 1.18 bits per heavy atom. The summed E-state index contributed by atoms with van der Waals surface area (Å²) in [4.78, 5) is 14.9. The van der Waals surface area contributed by atoms with E-state index in [2.05, 4.69) is 29.2 Å². The fourth-order valence-electron chi connectivity index (χ4n) is 3.06. The van der Waals surface area contributed by atoms with Crippen LogP contribution >= 0.6 is 0 Å². The molecule has 0 saturated carbocycles. The third kappa shape index (κ3) is 4.61. The number of fused-ring (bicyclic) bond motifs is 1. The third-order valence-electron chi connectivity index (χ3n) is 4.74. The van der Waals surface area contributed by atoms with Gasteiger partial charge in [-0.1, -0.05) is 32.0 Å². The highest BCUT2D eigenvalue weighted by Gasteiger charge is 2.17. The van der Waals surface area contributed by atoms with Gasteiger partial charge in [0.15, 0.2) is 5.82 Å². The van der Waals surface area contributed by atoms with Crippen molar-refractivity contribution in [2.75, 3.05) is 32.0 Å². The van der Waals surface area contributed by atoms with Gasteiger partial charge in [0.2, 0.25) is 0 Å². The molecule has 2 heterocycles. The van der Waals surface area contributed by atoms with Crippen molar-refractivity contribution in [1.82, 2.24) is 19.8 Å². The molecule has 7 nitrogen and oxygen atoms in total. The smallest absolute Gasteiger partial charge is 0.257 e. The molecule has 1 aromatic carbocycles.